The second-order valence-electron chi connectivity index (χ2n) is 8.81. The SMILES string of the molecule is CC1=NN(c2ccc(C)cc2)N2C[C@H]3C(=O)N(C(C)(C)C)C(=O)[C@H]3[C@]12C. The molecule has 0 saturated carbocycles. The van der Waals surface area contributed by atoms with Crippen LogP contribution in [0, 0.1) is 18.8 Å². The Labute approximate surface area is 154 Å². The molecule has 6 heteroatoms. The first kappa shape index (κ1) is 17.2. The van der Waals surface area contributed by atoms with Crippen LogP contribution in [0.2, 0.25) is 0 Å². The maximum absolute atomic E-state index is 13.2. The Balaban J connectivity index is 1.74. The molecule has 0 aliphatic carbocycles. The van der Waals surface area contributed by atoms with Gasteiger partial charge in [-0.2, -0.15) is 15.2 Å². The van der Waals surface area contributed by atoms with Crippen molar-refractivity contribution in [2.24, 2.45) is 16.9 Å². The Morgan fingerprint density at radius 3 is 2.27 bits per heavy atom. The van der Waals surface area contributed by atoms with Crippen molar-refractivity contribution >= 4 is 23.2 Å². The highest BCUT2D eigenvalue weighted by atomic mass is 16.2. The summed E-state index contributed by atoms with van der Waals surface area (Å²) in [6, 6.07) is 8.14. The molecule has 1 aromatic rings. The number of hydrogen-bond donors (Lipinski definition) is 0. The second-order valence-corrected chi connectivity index (χ2v) is 8.81. The molecule has 26 heavy (non-hydrogen) atoms. The molecule has 4 rings (SSSR count). The molecular formula is C20H26N4O2. The number of likely N-dealkylation sites (tertiary alicyclic amines) is 1. The van der Waals surface area contributed by atoms with Gasteiger partial charge in [0.2, 0.25) is 11.8 Å². The first-order valence-electron chi connectivity index (χ1n) is 9.15. The molecule has 0 N–H and O–H groups in total. The highest BCUT2D eigenvalue weighted by molar-refractivity contribution is 6.11. The summed E-state index contributed by atoms with van der Waals surface area (Å²) in [5.74, 6) is -0.823. The minimum atomic E-state index is -0.567. The van der Waals surface area contributed by atoms with E-state index < -0.39 is 11.1 Å². The third-order valence-electron chi connectivity index (χ3n) is 6.08. The molecule has 3 aliphatic rings. The number of hydrazine groups is 1. The normalized spacial score (nSPS) is 31.5. The Hall–Kier alpha value is -2.21. The van der Waals surface area contributed by atoms with Gasteiger partial charge in [0.15, 0.2) is 0 Å². The van der Waals surface area contributed by atoms with Gasteiger partial charge in [0.05, 0.1) is 28.8 Å². The number of imide groups is 1. The lowest BCUT2D eigenvalue weighted by Crippen LogP contribution is -2.56. The smallest absolute Gasteiger partial charge is 0.235 e. The summed E-state index contributed by atoms with van der Waals surface area (Å²) in [7, 11) is 0. The molecule has 0 spiro atoms. The highest BCUT2D eigenvalue weighted by Gasteiger charge is 2.68. The second kappa shape index (κ2) is 5.16. The van der Waals surface area contributed by atoms with Crippen molar-refractivity contribution in [2.75, 3.05) is 11.7 Å². The van der Waals surface area contributed by atoms with E-state index in [1.54, 1.807) is 0 Å². The Morgan fingerprint density at radius 2 is 1.69 bits per heavy atom. The van der Waals surface area contributed by atoms with Crippen molar-refractivity contribution in [1.29, 1.82) is 0 Å². The van der Waals surface area contributed by atoms with Gasteiger partial charge in [-0.3, -0.25) is 14.5 Å². The number of benzene rings is 1. The molecule has 3 heterocycles. The molecule has 3 aliphatic heterocycles. The summed E-state index contributed by atoms with van der Waals surface area (Å²) in [4.78, 5) is 27.7. The zero-order valence-corrected chi connectivity index (χ0v) is 16.3. The minimum absolute atomic E-state index is 0.0558. The Morgan fingerprint density at radius 1 is 1.08 bits per heavy atom. The molecule has 2 amide bonds. The van der Waals surface area contributed by atoms with Gasteiger partial charge < -0.3 is 0 Å². The van der Waals surface area contributed by atoms with Crippen LogP contribution < -0.4 is 5.12 Å². The number of hydrogen-bond acceptors (Lipinski definition) is 5. The molecule has 138 valence electrons. The molecule has 2 fully saturated rings. The van der Waals surface area contributed by atoms with Crippen LogP contribution >= 0.6 is 0 Å². The van der Waals surface area contributed by atoms with Crippen LogP contribution in [0.4, 0.5) is 5.69 Å². The van der Waals surface area contributed by atoms with E-state index in [1.807, 2.05) is 70.9 Å². The summed E-state index contributed by atoms with van der Waals surface area (Å²) >= 11 is 0. The van der Waals surface area contributed by atoms with Crippen LogP contribution in [-0.4, -0.2) is 45.1 Å². The fourth-order valence-corrected chi connectivity index (χ4v) is 4.60. The van der Waals surface area contributed by atoms with E-state index >= 15 is 0 Å². The predicted molar refractivity (Wildman–Crippen MR) is 100 cm³/mol. The van der Waals surface area contributed by atoms with Crippen LogP contribution in [0.5, 0.6) is 0 Å². The van der Waals surface area contributed by atoms with Crippen molar-refractivity contribution in [3.05, 3.63) is 29.8 Å². The first-order chi connectivity index (χ1) is 12.1. The molecule has 3 atom stereocenters. The van der Waals surface area contributed by atoms with E-state index in [0.29, 0.717) is 6.54 Å². The fourth-order valence-electron chi connectivity index (χ4n) is 4.60. The monoisotopic (exact) mass is 354 g/mol. The van der Waals surface area contributed by atoms with Gasteiger partial charge in [-0.15, -0.1) is 0 Å². The van der Waals surface area contributed by atoms with Gasteiger partial charge in [0, 0.05) is 12.1 Å². The number of fused-ring (bicyclic) bond motifs is 3. The zero-order valence-electron chi connectivity index (χ0n) is 16.3. The lowest BCUT2D eigenvalue weighted by atomic mass is 9.80. The molecule has 0 radical (unpaired) electrons. The summed E-state index contributed by atoms with van der Waals surface area (Å²) in [5.41, 5.74) is 1.94. The number of anilines is 1. The van der Waals surface area contributed by atoms with Crippen molar-refractivity contribution in [3.63, 3.8) is 0 Å². The van der Waals surface area contributed by atoms with E-state index in [1.165, 1.54) is 10.5 Å². The van der Waals surface area contributed by atoms with Crippen molar-refractivity contribution < 1.29 is 9.59 Å². The largest absolute Gasteiger partial charge is 0.277 e. The first-order valence-corrected chi connectivity index (χ1v) is 9.15. The van der Waals surface area contributed by atoms with Gasteiger partial charge in [-0.25, -0.2) is 0 Å². The molecule has 2 saturated heterocycles. The Bertz CT molecular complexity index is 823. The average molecular weight is 354 g/mol. The lowest BCUT2D eigenvalue weighted by Gasteiger charge is -2.38. The predicted octanol–water partition coefficient (Wildman–Crippen LogP) is 2.58. The number of carbonyl (C=O) groups excluding carboxylic acids is 2. The van der Waals surface area contributed by atoms with Gasteiger partial charge in [0.25, 0.3) is 0 Å². The van der Waals surface area contributed by atoms with E-state index in [9.17, 15) is 9.59 Å². The topological polar surface area (TPSA) is 56.2 Å². The van der Waals surface area contributed by atoms with Gasteiger partial charge in [-0.1, -0.05) is 17.7 Å². The summed E-state index contributed by atoms with van der Waals surface area (Å²) in [6.45, 7) is 12.3. The third kappa shape index (κ3) is 2.05. The van der Waals surface area contributed by atoms with E-state index in [0.717, 1.165) is 11.4 Å². The van der Waals surface area contributed by atoms with Crippen LogP contribution in [0.25, 0.3) is 0 Å². The van der Waals surface area contributed by atoms with Gasteiger partial charge >= 0.3 is 0 Å². The van der Waals surface area contributed by atoms with Crippen molar-refractivity contribution in [3.8, 4) is 0 Å². The van der Waals surface area contributed by atoms with Gasteiger partial charge in [-0.05, 0) is 53.7 Å². The molecule has 6 nitrogen and oxygen atoms in total. The van der Waals surface area contributed by atoms with E-state index in [-0.39, 0.29) is 23.7 Å². The van der Waals surface area contributed by atoms with E-state index in [4.69, 9.17) is 5.10 Å². The molecule has 1 aromatic carbocycles. The maximum Gasteiger partial charge on any atom is 0.235 e. The number of carbonyl (C=O) groups is 2. The summed E-state index contributed by atoms with van der Waals surface area (Å²) in [6.07, 6.45) is 0. The minimum Gasteiger partial charge on any atom is -0.277 e. The standard InChI is InChI=1S/C20H26N4O2/c1-12-7-9-14(10-8-12)24-21-13(2)20(6)16-15(11-22(20)24)17(25)23(18(16)26)19(3,4)5/h7-10,15-16H,11H2,1-6H3/t15-,16+,20+/m1/s1. The molecule has 0 aromatic heterocycles. The molecule has 0 bridgehead atoms. The van der Waals surface area contributed by atoms with Crippen molar-refractivity contribution in [2.45, 2.75) is 52.6 Å². The van der Waals surface area contributed by atoms with Gasteiger partial charge in [0.1, 0.15) is 0 Å². The zero-order chi connectivity index (χ0) is 19.0. The van der Waals surface area contributed by atoms with E-state index in [2.05, 4.69) is 5.01 Å². The number of aryl methyl sites for hydroxylation is 1. The number of nitrogens with zero attached hydrogens (tertiary/aromatic N) is 4. The average Bonchev–Trinajstić information content (AvgIpc) is 3.08. The highest BCUT2D eigenvalue weighted by Crippen LogP contribution is 2.50. The number of rotatable bonds is 1. The van der Waals surface area contributed by atoms with Crippen LogP contribution in [-0.2, 0) is 9.59 Å². The molecule has 0 unspecified atom stereocenters. The Kier molecular flexibility index (Phi) is 3.42. The summed E-state index contributed by atoms with van der Waals surface area (Å²) < 4.78 is 0. The quantitative estimate of drug-likeness (QED) is 0.728. The molecular weight excluding hydrogens is 328 g/mol. The number of hydrazone groups is 1. The summed E-state index contributed by atoms with van der Waals surface area (Å²) in [5, 5.41) is 8.71. The van der Waals surface area contributed by atoms with Crippen LogP contribution in [0.3, 0.4) is 0 Å². The fraction of sp³-hybridized carbons (Fsp3) is 0.550. The lowest BCUT2D eigenvalue weighted by molar-refractivity contribution is -0.146. The van der Waals surface area contributed by atoms with Crippen molar-refractivity contribution in [1.82, 2.24) is 9.91 Å². The maximum atomic E-state index is 13.2. The van der Waals surface area contributed by atoms with Crippen LogP contribution in [0.1, 0.15) is 40.2 Å². The number of amides is 2. The third-order valence-corrected chi connectivity index (χ3v) is 6.08. The van der Waals surface area contributed by atoms with Crippen LogP contribution in [0.15, 0.2) is 29.4 Å².